The van der Waals surface area contributed by atoms with Crippen molar-refractivity contribution in [3.8, 4) is 0 Å². The molecule has 0 saturated carbocycles. The first-order valence-electron chi connectivity index (χ1n) is 15.5. The number of ether oxygens (including phenoxy) is 2. The lowest BCUT2D eigenvalue weighted by Crippen LogP contribution is -2.50. The normalized spacial score (nSPS) is 23.5. The van der Waals surface area contributed by atoms with E-state index in [1.165, 1.54) is 5.56 Å². The van der Waals surface area contributed by atoms with Gasteiger partial charge in [-0.2, -0.15) is 13.2 Å². The molecule has 3 aromatic carbocycles. The van der Waals surface area contributed by atoms with Crippen molar-refractivity contribution in [1.82, 2.24) is 15.1 Å². The summed E-state index contributed by atoms with van der Waals surface area (Å²) in [7, 11) is 2.06. The standard InChI is InChI=1S/C35H40F3N3O5/c1-23-30(21-40(2)20-25-7-4-3-5-8-25)45-33(46-31(23)27-14-12-26(22-42)13-15-27)28-16-10-24(11-17-28)19-39-32(43)29-9-6-18-41(29)34(44)35(36,37)38/h3-5,7-8,10-17,23,29-31,33,42H,6,9,18-22H2,1-2H3,(H,39,43)/t23-,29-,30+,31+,33+/m0/s1. The zero-order valence-electron chi connectivity index (χ0n) is 26.0. The number of alkyl halides is 3. The van der Waals surface area contributed by atoms with E-state index in [0.717, 1.165) is 28.8 Å². The predicted octanol–water partition coefficient (Wildman–Crippen LogP) is 5.27. The van der Waals surface area contributed by atoms with Crippen molar-refractivity contribution in [2.45, 2.75) is 70.2 Å². The van der Waals surface area contributed by atoms with Crippen LogP contribution in [0.25, 0.3) is 0 Å². The van der Waals surface area contributed by atoms with E-state index >= 15 is 0 Å². The summed E-state index contributed by atoms with van der Waals surface area (Å²) in [6, 6.07) is 24.1. The van der Waals surface area contributed by atoms with Crippen LogP contribution >= 0.6 is 0 Å². The molecule has 0 aliphatic carbocycles. The van der Waals surface area contributed by atoms with Gasteiger partial charge < -0.3 is 24.8 Å². The number of likely N-dealkylation sites (tertiary alicyclic amines) is 1. The van der Waals surface area contributed by atoms with Gasteiger partial charge in [-0.25, -0.2) is 0 Å². The van der Waals surface area contributed by atoms with Crippen LogP contribution in [0.5, 0.6) is 0 Å². The summed E-state index contributed by atoms with van der Waals surface area (Å²) in [6.07, 6.45) is -5.59. The van der Waals surface area contributed by atoms with E-state index in [1.54, 1.807) is 0 Å². The Morgan fingerprint density at radius 1 is 0.935 bits per heavy atom. The topological polar surface area (TPSA) is 91.3 Å². The van der Waals surface area contributed by atoms with Gasteiger partial charge in [0.1, 0.15) is 6.04 Å². The van der Waals surface area contributed by atoms with Crippen molar-refractivity contribution < 1.29 is 37.3 Å². The van der Waals surface area contributed by atoms with Crippen molar-refractivity contribution in [3.63, 3.8) is 0 Å². The molecule has 5 atom stereocenters. The number of nitrogens with one attached hydrogen (secondary N) is 1. The number of likely N-dealkylation sites (N-methyl/N-ethyl adjacent to an activating group) is 1. The van der Waals surface area contributed by atoms with Gasteiger partial charge in [-0.05, 0) is 42.1 Å². The number of benzene rings is 3. The molecule has 0 unspecified atom stereocenters. The molecule has 0 spiro atoms. The third kappa shape index (κ3) is 8.14. The van der Waals surface area contributed by atoms with Crippen LogP contribution < -0.4 is 5.32 Å². The quantitative estimate of drug-likeness (QED) is 0.314. The summed E-state index contributed by atoms with van der Waals surface area (Å²) in [6.45, 7) is 3.50. The molecule has 0 radical (unpaired) electrons. The van der Waals surface area contributed by atoms with Gasteiger partial charge in [0.25, 0.3) is 0 Å². The summed E-state index contributed by atoms with van der Waals surface area (Å²) in [4.78, 5) is 27.3. The zero-order chi connectivity index (χ0) is 32.8. The SMILES string of the molecule is C[C@H]1[C@@H](CN(C)Cc2ccccc2)O[C@@H](c2ccc(CNC(=O)[C@@H]3CCCN3C(=O)C(F)(F)F)cc2)O[C@H]1c1ccc(CO)cc1. The molecule has 46 heavy (non-hydrogen) atoms. The van der Waals surface area contributed by atoms with Gasteiger partial charge in [-0.3, -0.25) is 14.5 Å². The second-order valence-electron chi connectivity index (χ2n) is 12.1. The molecule has 2 amide bonds. The van der Waals surface area contributed by atoms with Gasteiger partial charge in [0, 0.05) is 37.7 Å². The molecule has 2 saturated heterocycles. The number of aliphatic hydroxyl groups is 1. The Bertz CT molecular complexity index is 1450. The fraction of sp³-hybridized carbons (Fsp3) is 0.429. The monoisotopic (exact) mass is 639 g/mol. The van der Waals surface area contributed by atoms with Crippen LogP contribution in [0.4, 0.5) is 13.2 Å². The summed E-state index contributed by atoms with van der Waals surface area (Å²) >= 11 is 0. The average molecular weight is 640 g/mol. The molecule has 11 heteroatoms. The first-order valence-corrected chi connectivity index (χ1v) is 15.5. The van der Waals surface area contributed by atoms with E-state index in [0.29, 0.717) is 17.9 Å². The van der Waals surface area contributed by atoms with Crippen LogP contribution in [0.15, 0.2) is 78.9 Å². The molecule has 8 nitrogen and oxygen atoms in total. The minimum absolute atomic E-state index is 0.0170. The smallest absolute Gasteiger partial charge is 0.392 e. The van der Waals surface area contributed by atoms with Gasteiger partial charge >= 0.3 is 12.1 Å². The van der Waals surface area contributed by atoms with E-state index in [1.807, 2.05) is 66.7 Å². The number of aliphatic hydroxyl groups excluding tert-OH is 1. The average Bonchev–Trinajstić information content (AvgIpc) is 3.54. The molecule has 2 fully saturated rings. The largest absolute Gasteiger partial charge is 0.471 e. The van der Waals surface area contributed by atoms with Gasteiger partial charge in [-0.1, -0.05) is 85.8 Å². The second kappa shape index (κ2) is 14.8. The Labute approximate surface area is 267 Å². The molecule has 3 aromatic rings. The highest BCUT2D eigenvalue weighted by Gasteiger charge is 2.47. The lowest BCUT2D eigenvalue weighted by molar-refractivity contribution is -0.276. The minimum atomic E-state index is -5.02. The number of rotatable bonds is 10. The molecule has 2 N–H and O–H groups in total. The molecule has 2 aliphatic rings. The Balaban J connectivity index is 1.27. The van der Waals surface area contributed by atoms with Crippen molar-refractivity contribution in [2.75, 3.05) is 20.1 Å². The lowest BCUT2D eigenvalue weighted by atomic mass is 9.90. The summed E-state index contributed by atoms with van der Waals surface area (Å²) < 4.78 is 52.0. The summed E-state index contributed by atoms with van der Waals surface area (Å²) in [5.41, 5.74) is 4.52. The fourth-order valence-electron chi connectivity index (χ4n) is 6.14. The molecular weight excluding hydrogens is 599 g/mol. The van der Waals surface area contributed by atoms with E-state index in [2.05, 4.69) is 36.3 Å². The molecular formula is C35H40F3N3O5. The summed E-state index contributed by atoms with van der Waals surface area (Å²) in [5.74, 6) is -2.57. The highest BCUT2D eigenvalue weighted by molar-refractivity contribution is 5.90. The Morgan fingerprint density at radius 3 is 2.24 bits per heavy atom. The predicted molar refractivity (Wildman–Crippen MR) is 165 cm³/mol. The van der Waals surface area contributed by atoms with Gasteiger partial charge in [0.2, 0.25) is 5.91 Å². The number of carbonyl (C=O) groups excluding carboxylic acids is 2. The van der Waals surface area contributed by atoms with E-state index in [9.17, 15) is 27.9 Å². The molecule has 246 valence electrons. The maximum absolute atomic E-state index is 13.0. The van der Waals surface area contributed by atoms with Crippen molar-refractivity contribution >= 4 is 11.8 Å². The van der Waals surface area contributed by atoms with Crippen LogP contribution in [0, 0.1) is 5.92 Å². The minimum Gasteiger partial charge on any atom is -0.392 e. The third-order valence-corrected chi connectivity index (χ3v) is 8.69. The van der Waals surface area contributed by atoms with Gasteiger partial charge in [-0.15, -0.1) is 0 Å². The van der Waals surface area contributed by atoms with Crippen molar-refractivity contribution in [3.05, 3.63) is 107 Å². The Hall–Kier alpha value is -3.77. The van der Waals surface area contributed by atoms with E-state index in [-0.39, 0.29) is 44.2 Å². The molecule has 0 bridgehead atoms. The molecule has 0 aromatic heterocycles. The first-order chi connectivity index (χ1) is 22.0. The maximum Gasteiger partial charge on any atom is 0.471 e. The number of hydrogen-bond acceptors (Lipinski definition) is 6. The molecule has 2 aliphatic heterocycles. The van der Waals surface area contributed by atoms with Crippen molar-refractivity contribution in [1.29, 1.82) is 0 Å². The highest BCUT2D eigenvalue weighted by atomic mass is 19.4. The summed E-state index contributed by atoms with van der Waals surface area (Å²) in [5, 5.41) is 12.2. The molecule has 5 rings (SSSR count). The van der Waals surface area contributed by atoms with Crippen LogP contribution in [-0.2, 0) is 38.8 Å². The third-order valence-electron chi connectivity index (χ3n) is 8.69. The van der Waals surface area contributed by atoms with Crippen LogP contribution in [0.2, 0.25) is 0 Å². The first kappa shape index (κ1) is 33.6. The van der Waals surface area contributed by atoms with Crippen molar-refractivity contribution in [2.24, 2.45) is 5.92 Å². The van der Waals surface area contributed by atoms with E-state index in [4.69, 9.17) is 9.47 Å². The molecule has 2 heterocycles. The Morgan fingerprint density at radius 2 is 1.59 bits per heavy atom. The number of halogens is 3. The van der Waals surface area contributed by atoms with Crippen LogP contribution in [0.3, 0.4) is 0 Å². The van der Waals surface area contributed by atoms with Gasteiger partial charge in [0.05, 0.1) is 18.8 Å². The Kier molecular flexibility index (Phi) is 10.8. The van der Waals surface area contributed by atoms with Gasteiger partial charge in [0.15, 0.2) is 6.29 Å². The number of carbonyl (C=O) groups is 2. The maximum atomic E-state index is 13.0. The zero-order valence-corrected chi connectivity index (χ0v) is 26.0. The fourth-order valence-corrected chi connectivity index (χ4v) is 6.14. The second-order valence-corrected chi connectivity index (χ2v) is 12.1. The van der Waals surface area contributed by atoms with Crippen LogP contribution in [-0.4, -0.2) is 65.2 Å². The number of hydrogen-bond donors (Lipinski definition) is 2. The number of amides is 2. The lowest BCUT2D eigenvalue weighted by Gasteiger charge is -2.42. The highest BCUT2D eigenvalue weighted by Crippen LogP contribution is 2.42. The van der Waals surface area contributed by atoms with Crippen LogP contribution in [0.1, 0.15) is 60.0 Å². The number of nitrogens with zero attached hydrogens (tertiary/aromatic N) is 2. The van der Waals surface area contributed by atoms with E-state index < -0.39 is 30.3 Å².